The number of ether oxygens (including phenoxy) is 1. The molecular weight excluding hydrogens is 342 g/mol. The summed E-state index contributed by atoms with van der Waals surface area (Å²) in [5.74, 6) is 0.453. The van der Waals surface area contributed by atoms with Gasteiger partial charge < -0.3 is 19.9 Å². The van der Waals surface area contributed by atoms with E-state index >= 15 is 0 Å². The van der Waals surface area contributed by atoms with Crippen LogP contribution in [0.2, 0.25) is 0 Å². The number of para-hydroxylation sites is 4. The number of anilines is 3. The molecule has 0 spiro atoms. The number of fused-ring (bicyclic) bond motifs is 1. The minimum absolute atomic E-state index is 0.0103. The summed E-state index contributed by atoms with van der Waals surface area (Å²) in [6, 6.07) is 15.3. The number of nitrogens with zero attached hydrogens (tertiary/aromatic N) is 2. The lowest BCUT2D eigenvalue weighted by Gasteiger charge is -2.29. The summed E-state index contributed by atoms with van der Waals surface area (Å²) in [5.41, 5.74) is 2.62. The van der Waals surface area contributed by atoms with Crippen LogP contribution < -0.4 is 19.9 Å². The van der Waals surface area contributed by atoms with E-state index in [9.17, 15) is 9.59 Å². The molecule has 1 fully saturated rings. The Morgan fingerprint density at radius 2 is 1.70 bits per heavy atom. The van der Waals surface area contributed by atoms with Crippen molar-refractivity contribution in [3.8, 4) is 5.75 Å². The van der Waals surface area contributed by atoms with Crippen LogP contribution in [-0.2, 0) is 9.59 Å². The first-order valence-electron chi connectivity index (χ1n) is 9.38. The minimum Gasteiger partial charge on any atom is -0.482 e. The highest BCUT2D eigenvalue weighted by Crippen LogP contribution is 2.32. The van der Waals surface area contributed by atoms with Crippen LogP contribution in [0.1, 0.15) is 19.3 Å². The van der Waals surface area contributed by atoms with E-state index in [4.69, 9.17) is 4.74 Å². The third-order valence-corrected chi connectivity index (χ3v) is 5.00. The summed E-state index contributed by atoms with van der Waals surface area (Å²) in [7, 11) is 0. The molecular formula is C21H23N3O3. The van der Waals surface area contributed by atoms with Crippen LogP contribution in [0.3, 0.4) is 0 Å². The molecule has 0 unspecified atom stereocenters. The first kappa shape index (κ1) is 17.4. The predicted molar refractivity (Wildman–Crippen MR) is 105 cm³/mol. The van der Waals surface area contributed by atoms with Crippen molar-refractivity contribution in [2.75, 3.05) is 41.4 Å². The van der Waals surface area contributed by atoms with E-state index < -0.39 is 0 Å². The Morgan fingerprint density at radius 1 is 1.00 bits per heavy atom. The van der Waals surface area contributed by atoms with Crippen molar-refractivity contribution in [1.29, 1.82) is 0 Å². The number of hydrogen-bond donors (Lipinski definition) is 1. The summed E-state index contributed by atoms with van der Waals surface area (Å²) in [4.78, 5) is 28.7. The number of amides is 2. The molecule has 0 radical (unpaired) electrons. The van der Waals surface area contributed by atoms with Crippen LogP contribution in [0.25, 0.3) is 0 Å². The lowest BCUT2D eigenvalue weighted by molar-refractivity contribution is -0.121. The van der Waals surface area contributed by atoms with Crippen LogP contribution in [-0.4, -0.2) is 38.1 Å². The average molecular weight is 365 g/mol. The van der Waals surface area contributed by atoms with E-state index in [1.807, 2.05) is 48.5 Å². The summed E-state index contributed by atoms with van der Waals surface area (Å²) in [5, 5.41) is 3.02. The fourth-order valence-electron chi connectivity index (χ4n) is 3.64. The van der Waals surface area contributed by atoms with Gasteiger partial charge in [0.25, 0.3) is 5.91 Å². The minimum atomic E-state index is -0.126. The SMILES string of the molecule is O=C(CCN1C(=O)COc2ccccc21)Nc1ccccc1N1CCCC1. The van der Waals surface area contributed by atoms with Crippen LogP contribution in [0.15, 0.2) is 48.5 Å². The highest BCUT2D eigenvalue weighted by molar-refractivity contribution is 5.99. The Labute approximate surface area is 158 Å². The van der Waals surface area contributed by atoms with Crippen molar-refractivity contribution >= 4 is 28.9 Å². The molecule has 0 aromatic heterocycles. The molecule has 2 aliphatic heterocycles. The van der Waals surface area contributed by atoms with Crippen LogP contribution in [0, 0.1) is 0 Å². The molecule has 6 heteroatoms. The molecule has 0 saturated carbocycles. The number of rotatable bonds is 5. The Hall–Kier alpha value is -3.02. The smallest absolute Gasteiger partial charge is 0.265 e. The van der Waals surface area contributed by atoms with E-state index in [0.29, 0.717) is 12.3 Å². The molecule has 1 saturated heterocycles. The molecule has 6 nitrogen and oxygen atoms in total. The third-order valence-electron chi connectivity index (χ3n) is 5.00. The number of benzene rings is 2. The van der Waals surface area contributed by atoms with E-state index in [1.54, 1.807) is 4.90 Å². The van der Waals surface area contributed by atoms with E-state index in [2.05, 4.69) is 10.2 Å². The predicted octanol–water partition coefficient (Wildman–Crippen LogP) is 3.04. The Morgan fingerprint density at radius 3 is 2.52 bits per heavy atom. The molecule has 140 valence electrons. The van der Waals surface area contributed by atoms with Gasteiger partial charge in [0.05, 0.1) is 17.1 Å². The zero-order valence-corrected chi connectivity index (χ0v) is 15.2. The average Bonchev–Trinajstić information content (AvgIpc) is 3.22. The first-order valence-corrected chi connectivity index (χ1v) is 9.38. The van der Waals surface area contributed by atoms with Gasteiger partial charge in [0.2, 0.25) is 5.91 Å². The fraction of sp³-hybridized carbons (Fsp3) is 0.333. The maximum absolute atomic E-state index is 12.5. The molecule has 1 N–H and O–H groups in total. The number of hydrogen-bond acceptors (Lipinski definition) is 4. The van der Waals surface area contributed by atoms with Crippen molar-refractivity contribution in [3.05, 3.63) is 48.5 Å². The second-order valence-corrected chi connectivity index (χ2v) is 6.81. The quantitative estimate of drug-likeness (QED) is 0.885. The van der Waals surface area contributed by atoms with E-state index in [-0.39, 0.29) is 24.8 Å². The van der Waals surface area contributed by atoms with Gasteiger partial charge in [0.1, 0.15) is 5.75 Å². The highest BCUT2D eigenvalue weighted by atomic mass is 16.5. The number of carbonyl (C=O) groups excluding carboxylic acids is 2. The molecule has 2 aliphatic rings. The van der Waals surface area contributed by atoms with Crippen molar-refractivity contribution in [3.63, 3.8) is 0 Å². The fourth-order valence-corrected chi connectivity index (χ4v) is 3.64. The second-order valence-electron chi connectivity index (χ2n) is 6.81. The van der Waals surface area contributed by atoms with Gasteiger partial charge in [-0.25, -0.2) is 0 Å². The number of carbonyl (C=O) groups is 2. The van der Waals surface area contributed by atoms with Crippen molar-refractivity contribution in [2.24, 2.45) is 0 Å². The van der Waals surface area contributed by atoms with E-state index in [1.165, 1.54) is 12.8 Å². The van der Waals surface area contributed by atoms with Crippen molar-refractivity contribution in [2.45, 2.75) is 19.3 Å². The molecule has 4 rings (SSSR count). The van der Waals surface area contributed by atoms with Crippen LogP contribution in [0.4, 0.5) is 17.1 Å². The molecule has 27 heavy (non-hydrogen) atoms. The topological polar surface area (TPSA) is 61.9 Å². The first-order chi connectivity index (χ1) is 13.2. The van der Waals surface area contributed by atoms with Gasteiger partial charge in [0, 0.05) is 26.1 Å². The van der Waals surface area contributed by atoms with Gasteiger partial charge >= 0.3 is 0 Å². The molecule has 2 aromatic rings. The zero-order valence-electron chi connectivity index (χ0n) is 15.2. The summed E-state index contributed by atoms with van der Waals surface area (Å²) in [6.45, 7) is 2.38. The van der Waals surface area contributed by atoms with Gasteiger partial charge in [-0.1, -0.05) is 24.3 Å². The van der Waals surface area contributed by atoms with Crippen molar-refractivity contribution < 1.29 is 14.3 Å². The van der Waals surface area contributed by atoms with Gasteiger partial charge in [-0.2, -0.15) is 0 Å². The molecule has 2 aromatic carbocycles. The van der Waals surface area contributed by atoms with Gasteiger partial charge in [-0.3, -0.25) is 9.59 Å². The number of nitrogens with one attached hydrogen (secondary N) is 1. The Kier molecular flexibility index (Phi) is 4.96. The van der Waals surface area contributed by atoms with Gasteiger partial charge in [-0.15, -0.1) is 0 Å². The molecule has 0 bridgehead atoms. The van der Waals surface area contributed by atoms with E-state index in [0.717, 1.165) is 30.2 Å². The lowest BCUT2D eigenvalue weighted by atomic mass is 10.2. The van der Waals surface area contributed by atoms with Crippen LogP contribution >= 0.6 is 0 Å². The third kappa shape index (κ3) is 3.74. The largest absolute Gasteiger partial charge is 0.482 e. The Bertz CT molecular complexity index is 846. The standard InChI is InChI=1S/C21H23N3O3/c25-20(22-16-7-1-2-8-17(16)23-12-5-6-13-23)11-14-24-18-9-3-4-10-19(18)27-15-21(24)26/h1-4,7-10H,5-6,11-15H2,(H,22,25). The monoisotopic (exact) mass is 365 g/mol. The maximum Gasteiger partial charge on any atom is 0.265 e. The van der Waals surface area contributed by atoms with Gasteiger partial charge in [-0.05, 0) is 37.1 Å². The summed E-state index contributed by atoms with van der Waals surface area (Å²) < 4.78 is 5.44. The summed E-state index contributed by atoms with van der Waals surface area (Å²) >= 11 is 0. The molecule has 0 aliphatic carbocycles. The van der Waals surface area contributed by atoms with Gasteiger partial charge in [0.15, 0.2) is 6.61 Å². The molecule has 2 amide bonds. The normalized spacial score (nSPS) is 16.1. The van der Waals surface area contributed by atoms with Crippen LogP contribution in [0.5, 0.6) is 5.75 Å². The second kappa shape index (κ2) is 7.70. The highest BCUT2D eigenvalue weighted by Gasteiger charge is 2.25. The maximum atomic E-state index is 12.5. The molecule has 2 heterocycles. The van der Waals surface area contributed by atoms with Crippen molar-refractivity contribution in [1.82, 2.24) is 0 Å². The molecule has 0 atom stereocenters. The summed E-state index contributed by atoms with van der Waals surface area (Å²) in [6.07, 6.45) is 2.59. The Balaban J connectivity index is 1.42. The lowest BCUT2D eigenvalue weighted by Crippen LogP contribution is -2.40. The zero-order chi connectivity index (χ0) is 18.6.